The van der Waals surface area contributed by atoms with Gasteiger partial charge in [-0.2, -0.15) is 0 Å². The zero-order valence-electron chi connectivity index (χ0n) is 9.96. The van der Waals surface area contributed by atoms with Crippen molar-refractivity contribution in [1.82, 2.24) is 4.72 Å². The molecule has 0 bridgehead atoms. The topological polar surface area (TPSA) is 63.2 Å². The molecule has 0 heterocycles. The second-order valence-corrected chi connectivity index (χ2v) is 5.45. The molecule has 0 unspecified atom stereocenters. The van der Waals surface area contributed by atoms with E-state index in [0.29, 0.717) is 18.6 Å². The van der Waals surface area contributed by atoms with E-state index in [2.05, 4.69) is 4.72 Å². The number of halogens is 2. The maximum Gasteiger partial charge on any atom is 0.243 e. The van der Waals surface area contributed by atoms with Gasteiger partial charge in [-0.1, -0.05) is 6.92 Å². The Balaban J connectivity index is 3.33. The zero-order valence-corrected chi connectivity index (χ0v) is 10.8. The second-order valence-electron chi connectivity index (χ2n) is 3.72. The average Bonchev–Trinajstić information content (AvgIpc) is 2.25. The van der Waals surface area contributed by atoms with Crippen molar-refractivity contribution in [2.24, 2.45) is 0 Å². The van der Waals surface area contributed by atoms with E-state index in [4.69, 9.17) is 0 Å². The lowest BCUT2D eigenvalue weighted by atomic mass is 10.1. The minimum absolute atomic E-state index is 0.133. The van der Waals surface area contributed by atoms with Crippen LogP contribution < -0.4 is 4.72 Å². The molecule has 0 saturated heterocycles. The molecule has 0 spiro atoms. The largest absolute Gasteiger partial charge is 0.294 e. The summed E-state index contributed by atoms with van der Waals surface area (Å²) in [4.78, 5) is 10.4. The van der Waals surface area contributed by atoms with Gasteiger partial charge >= 0.3 is 0 Å². The van der Waals surface area contributed by atoms with Gasteiger partial charge in [0, 0.05) is 12.6 Å². The molecule has 1 aromatic carbocycles. The Labute approximate surface area is 104 Å². The quantitative estimate of drug-likeness (QED) is 0.835. The van der Waals surface area contributed by atoms with Crippen LogP contribution in [0.1, 0.15) is 30.6 Å². The van der Waals surface area contributed by atoms with Gasteiger partial charge < -0.3 is 0 Å². The molecule has 4 nitrogen and oxygen atoms in total. The summed E-state index contributed by atoms with van der Waals surface area (Å²) in [6.07, 6.45) is 0.529. The third kappa shape index (κ3) is 3.11. The highest BCUT2D eigenvalue weighted by Gasteiger charge is 2.22. The van der Waals surface area contributed by atoms with Gasteiger partial charge in [-0.25, -0.2) is 21.9 Å². The molecule has 0 amide bonds. The van der Waals surface area contributed by atoms with Crippen LogP contribution in [0.3, 0.4) is 0 Å². The first-order valence-electron chi connectivity index (χ1n) is 5.29. The Morgan fingerprint density at radius 1 is 1.28 bits per heavy atom. The van der Waals surface area contributed by atoms with Gasteiger partial charge in [0.15, 0.2) is 5.78 Å². The lowest BCUT2D eigenvalue weighted by Crippen LogP contribution is -2.25. The molecule has 18 heavy (non-hydrogen) atoms. The van der Waals surface area contributed by atoms with Crippen LogP contribution in [0.5, 0.6) is 0 Å². The summed E-state index contributed by atoms with van der Waals surface area (Å²) in [6.45, 7) is 2.95. The molecule has 0 aromatic heterocycles. The third-order valence-electron chi connectivity index (χ3n) is 2.23. The predicted molar refractivity (Wildman–Crippen MR) is 61.8 cm³/mol. The van der Waals surface area contributed by atoms with Gasteiger partial charge in [0.1, 0.15) is 16.5 Å². The Bertz CT molecular complexity index is 570. The molecule has 1 aromatic rings. The molecule has 1 N–H and O–H groups in total. The highest BCUT2D eigenvalue weighted by molar-refractivity contribution is 7.89. The van der Waals surface area contributed by atoms with Crippen LogP contribution in [0, 0.1) is 11.6 Å². The number of Topliss-reactive ketones (excluding diaryl/α,β-unsaturated/α-hetero) is 1. The smallest absolute Gasteiger partial charge is 0.243 e. The van der Waals surface area contributed by atoms with Gasteiger partial charge in [-0.3, -0.25) is 4.79 Å². The van der Waals surface area contributed by atoms with E-state index in [9.17, 15) is 22.0 Å². The van der Waals surface area contributed by atoms with Crippen molar-refractivity contribution < 1.29 is 22.0 Å². The molecule has 0 aliphatic carbocycles. The van der Waals surface area contributed by atoms with Crippen molar-refractivity contribution in [2.45, 2.75) is 25.2 Å². The molecule has 7 heteroatoms. The minimum Gasteiger partial charge on any atom is -0.294 e. The van der Waals surface area contributed by atoms with E-state index < -0.39 is 37.9 Å². The van der Waals surface area contributed by atoms with Crippen LogP contribution in [0.15, 0.2) is 17.0 Å². The number of benzene rings is 1. The number of hydrogen-bond acceptors (Lipinski definition) is 3. The van der Waals surface area contributed by atoms with E-state index in [1.54, 1.807) is 6.92 Å². The molecule has 0 atom stereocenters. The number of nitrogens with one attached hydrogen (secondary N) is 1. The molecule has 0 saturated carbocycles. The first-order chi connectivity index (χ1) is 8.29. The second kappa shape index (κ2) is 5.53. The fraction of sp³-hybridized carbons (Fsp3) is 0.364. The van der Waals surface area contributed by atoms with E-state index in [1.807, 2.05) is 0 Å². The van der Waals surface area contributed by atoms with Crippen LogP contribution in [0.4, 0.5) is 8.78 Å². The summed E-state index contributed by atoms with van der Waals surface area (Å²) in [7, 11) is -4.07. The Hall–Kier alpha value is -1.34. The van der Waals surface area contributed by atoms with Gasteiger partial charge in [-0.05, 0) is 19.4 Å². The number of carbonyl (C=O) groups is 1. The summed E-state index contributed by atoms with van der Waals surface area (Å²) in [5.74, 6) is -2.96. The zero-order chi connectivity index (χ0) is 13.9. The van der Waals surface area contributed by atoms with Crippen LogP contribution >= 0.6 is 0 Å². The van der Waals surface area contributed by atoms with Crippen LogP contribution in [-0.4, -0.2) is 20.7 Å². The van der Waals surface area contributed by atoms with Crippen LogP contribution in [-0.2, 0) is 10.0 Å². The number of hydrogen-bond donors (Lipinski definition) is 1. The van der Waals surface area contributed by atoms with E-state index >= 15 is 0 Å². The first-order valence-corrected chi connectivity index (χ1v) is 6.77. The number of carbonyl (C=O) groups excluding carboxylic acids is 1. The highest BCUT2D eigenvalue weighted by atomic mass is 32.2. The fourth-order valence-corrected chi connectivity index (χ4v) is 2.54. The summed E-state index contributed by atoms with van der Waals surface area (Å²) in [6, 6.07) is 1.11. The maximum absolute atomic E-state index is 13.4. The molecular weight excluding hydrogens is 264 g/mol. The Morgan fingerprint density at radius 2 is 1.89 bits per heavy atom. The van der Waals surface area contributed by atoms with Crippen molar-refractivity contribution in [3.05, 3.63) is 29.3 Å². The fourth-order valence-electron chi connectivity index (χ4n) is 1.32. The first kappa shape index (κ1) is 14.7. The summed E-state index contributed by atoms with van der Waals surface area (Å²) < 4.78 is 52.3. The minimum atomic E-state index is -4.07. The molecule has 0 fully saturated rings. The molecule has 0 aliphatic heterocycles. The Morgan fingerprint density at radius 3 is 2.39 bits per heavy atom. The summed E-state index contributed by atoms with van der Waals surface area (Å²) in [5.41, 5.74) is -0.451. The molecular formula is C11H13F2NO3S. The van der Waals surface area contributed by atoms with Gasteiger partial charge in [0.25, 0.3) is 0 Å². The molecule has 1 rings (SSSR count). The van der Waals surface area contributed by atoms with Crippen molar-refractivity contribution in [3.63, 3.8) is 0 Å². The average molecular weight is 277 g/mol. The Kier molecular flexibility index (Phi) is 4.53. The number of rotatable bonds is 5. The molecule has 100 valence electrons. The van der Waals surface area contributed by atoms with Crippen molar-refractivity contribution >= 4 is 15.8 Å². The lowest BCUT2D eigenvalue weighted by molar-refractivity contribution is 0.101. The monoisotopic (exact) mass is 277 g/mol. The predicted octanol–water partition coefficient (Wildman–Crippen LogP) is 1.86. The normalized spacial score (nSPS) is 11.6. The van der Waals surface area contributed by atoms with E-state index in [-0.39, 0.29) is 6.54 Å². The summed E-state index contributed by atoms with van der Waals surface area (Å²) in [5, 5.41) is 0. The number of ketones is 1. The van der Waals surface area contributed by atoms with Crippen LogP contribution in [0.2, 0.25) is 0 Å². The van der Waals surface area contributed by atoms with Gasteiger partial charge in [0.2, 0.25) is 10.0 Å². The highest BCUT2D eigenvalue weighted by Crippen LogP contribution is 2.19. The molecule has 0 radical (unpaired) electrons. The van der Waals surface area contributed by atoms with E-state index in [1.165, 1.54) is 0 Å². The number of sulfonamides is 1. The third-order valence-corrected chi connectivity index (χ3v) is 3.71. The van der Waals surface area contributed by atoms with Crippen molar-refractivity contribution in [2.75, 3.05) is 6.54 Å². The standard InChI is InChI=1S/C11H13F2NO3S/c1-3-4-14-18(16,17)11-5-8(7(2)15)9(12)6-10(11)13/h5-6,14H,3-4H2,1-2H3. The van der Waals surface area contributed by atoms with Gasteiger partial charge in [0.05, 0.1) is 5.56 Å². The van der Waals surface area contributed by atoms with Crippen molar-refractivity contribution in [3.8, 4) is 0 Å². The maximum atomic E-state index is 13.4. The SMILES string of the molecule is CCCNS(=O)(=O)c1cc(C(C)=O)c(F)cc1F. The molecule has 0 aliphatic rings. The van der Waals surface area contributed by atoms with Crippen molar-refractivity contribution in [1.29, 1.82) is 0 Å². The lowest BCUT2D eigenvalue weighted by Gasteiger charge is -2.08. The van der Waals surface area contributed by atoms with Crippen LogP contribution in [0.25, 0.3) is 0 Å². The van der Waals surface area contributed by atoms with E-state index in [0.717, 1.165) is 6.92 Å². The van der Waals surface area contributed by atoms with Gasteiger partial charge in [-0.15, -0.1) is 0 Å². The summed E-state index contributed by atoms with van der Waals surface area (Å²) >= 11 is 0.